The predicted octanol–water partition coefficient (Wildman–Crippen LogP) is 3.22. The first-order valence-corrected chi connectivity index (χ1v) is 8.19. The molecule has 0 bridgehead atoms. The molecule has 146 valence electrons. The number of benzene rings is 1. The molecule has 0 radical (unpaired) electrons. The highest BCUT2D eigenvalue weighted by Gasteiger charge is 2.41. The molecule has 1 amide bonds. The van der Waals surface area contributed by atoms with E-state index in [1.54, 1.807) is 12.1 Å². The van der Waals surface area contributed by atoms with Crippen molar-refractivity contribution in [2.45, 2.75) is 25.9 Å². The van der Waals surface area contributed by atoms with Gasteiger partial charge in [-0.05, 0) is 25.5 Å². The van der Waals surface area contributed by atoms with Gasteiger partial charge in [0.2, 0.25) is 0 Å². The van der Waals surface area contributed by atoms with Crippen LogP contribution in [0.15, 0.2) is 30.5 Å². The zero-order valence-corrected chi connectivity index (χ0v) is 15.2. The first-order chi connectivity index (χ1) is 12.6. The Bertz CT molecular complexity index is 813. The molecule has 6 nitrogen and oxygen atoms in total. The molecule has 0 unspecified atom stereocenters. The second-order valence-corrected chi connectivity index (χ2v) is 6.06. The topological polar surface area (TPSA) is 64.4 Å². The Kier molecular flexibility index (Phi) is 6.24. The molecule has 1 heterocycles. The van der Waals surface area contributed by atoms with E-state index < -0.39 is 29.3 Å². The van der Waals surface area contributed by atoms with Gasteiger partial charge in [0.15, 0.2) is 5.69 Å². The van der Waals surface area contributed by atoms with E-state index in [2.05, 4.69) is 9.84 Å². The van der Waals surface area contributed by atoms with Crippen molar-refractivity contribution in [3.8, 4) is 5.69 Å². The van der Waals surface area contributed by atoms with Crippen molar-refractivity contribution in [3.05, 3.63) is 47.3 Å². The number of alkyl halides is 3. The maximum Gasteiger partial charge on any atom is 0.434 e. The fourth-order valence-corrected chi connectivity index (χ4v) is 2.53. The summed E-state index contributed by atoms with van der Waals surface area (Å²) in [6.45, 7) is 1.93. The number of hydrogen-bond donors (Lipinski definition) is 0. The fourth-order valence-electron chi connectivity index (χ4n) is 2.53. The van der Waals surface area contributed by atoms with E-state index >= 15 is 0 Å². The number of aryl methyl sites for hydroxylation is 1. The summed E-state index contributed by atoms with van der Waals surface area (Å²) >= 11 is 0. The summed E-state index contributed by atoms with van der Waals surface area (Å²) < 4.78 is 46.1. The zero-order valence-electron chi connectivity index (χ0n) is 15.2. The average Bonchev–Trinajstić information content (AvgIpc) is 3.06. The lowest BCUT2D eigenvalue weighted by Gasteiger charge is -2.18. The number of carbonyl (C=O) groups is 2. The van der Waals surface area contributed by atoms with Gasteiger partial charge in [-0.1, -0.05) is 17.7 Å². The van der Waals surface area contributed by atoms with Crippen LogP contribution >= 0.6 is 0 Å². The number of rotatable bonds is 6. The van der Waals surface area contributed by atoms with Crippen LogP contribution in [0.3, 0.4) is 0 Å². The molecule has 0 aliphatic carbocycles. The quantitative estimate of drug-likeness (QED) is 0.719. The van der Waals surface area contributed by atoms with Crippen LogP contribution in [0.2, 0.25) is 0 Å². The zero-order chi connectivity index (χ0) is 20.2. The van der Waals surface area contributed by atoms with Crippen molar-refractivity contribution in [1.29, 1.82) is 0 Å². The summed E-state index contributed by atoms with van der Waals surface area (Å²) in [7, 11) is 2.62. The summed E-state index contributed by atoms with van der Waals surface area (Å²) in [6, 6.07) is 6.34. The molecule has 0 spiro atoms. The van der Waals surface area contributed by atoms with E-state index in [4.69, 9.17) is 0 Å². The van der Waals surface area contributed by atoms with Gasteiger partial charge in [-0.15, -0.1) is 0 Å². The monoisotopic (exact) mass is 383 g/mol. The Labute approximate surface area is 154 Å². The van der Waals surface area contributed by atoms with Crippen LogP contribution in [0, 0.1) is 6.92 Å². The third-order valence-electron chi connectivity index (χ3n) is 4.00. The molecule has 0 fully saturated rings. The van der Waals surface area contributed by atoms with Crippen molar-refractivity contribution >= 4 is 11.9 Å². The molecule has 0 N–H and O–H groups in total. The van der Waals surface area contributed by atoms with E-state index in [0.29, 0.717) is 0 Å². The van der Waals surface area contributed by atoms with E-state index in [-0.39, 0.29) is 25.1 Å². The van der Waals surface area contributed by atoms with Crippen LogP contribution < -0.4 is 0 Å². The molecule has 9 heteroatoms. The van der Waals surface area contributed by atoms with E-state index in [1.165, 1.54) is 26.3 Å². The number of nitrogens with zero attached hydrogens (tertiary/aromatic N) is 3. The molecule has 0 saturated heterocycles. The summed E-state index contributed by atoms with van der Waals surface area (Å²) in [5, 5.41) is 3.78. The van der Waals surface area contributed by atoms with Crippen LogP contribution in [-0.2, 0) is 15.7 Å². The van der Waals surface area contributed by atoms with E-state index in [1.807, 2.05) is 6.92 Å². The summed E-state index contributed by atoms with van der Waals surface area (Å²) in [5.74, 6) is -1.26. The molecule has 2 aromatic rings. The second-order valence-electron chi connectivity index (χ2n) is 6.06. The van der Waals surface area contributed by atoms with Gasteiger partial charge >= 0.3 is 12.1 Å². The van der Waals surface area contributed by atoms with Crippen LogP contribution in [-0.4, -0.2) is 47.3 Å². The minimum atomic E-state index is -4.76. The minimum Gasteiger partial charge on any atom is -0.469 e. The maximum atomic E-state index is 13.6. The lowest BCUT2D eigenvalue weighted by Crippen LogP contribution is -2.30. The lowest BCUT2D eigenvalue weighted by molar-refractivity contribution is -0.143. The Morgan fingerprint density at radius 3 is 2.41 bits per heavy atom. The number of hydrogen-bond acceptors (Lipinski definition) is 4. The average molecular weight is 383 g/mol. The summed E-state index contributed by atoms with van der Waals surface area (Å²) in [6.07, 6.45) is -3.49. The van der Waals surface area contributed by atoms with Gasteiger partial charge in [0.05, 0.1) is 24.6 Å². The molecule has 0 atom stereocenters. The van der Waals surface area contributed by atoms with E-state index in [9.17, 15) is 22.8 Å². The maximum absolute atomic E-state index is 13.6. The third-order valence-corrected chi connectivity index (χ3v) is 4.00. The Morgan fingerprint density at radius 2 is 1.85 bits per heavy atom. The number of ether oxygens (including phenoxy) is 1. The number of aromatic nitrogens is 2. The lowest BCUT2D eigenvalue weighted by atomic mass is 10.2. The molecule has 0 saturated carbocycles. The number of esters is 1. The van der Waals surface area contributed by atoms with Gasteiger partial charge in [0.25, 0.3) is 5.91 Å². The Morgan fingerprint density at radius 1 is 1.22 bits per heavy atom. The first-order valence-electron chi connectivity index (χ1n) is 8.19. The third kappa shape index (κ3) is 4.87. The molecule has 0 aliphatic heterocycles. The fraction of sp³-hybridized carbons (Fsp3) is 0.389. The number of halogens is 3. The van der Waals surface area contributed by atoms with Crippen LogP contribution in [0.25, 0.3) is 5.69 Å². The van der Waals surface area contributed by atoms with Gasteiger partial charge in [-0.3, -0.25) is 9.59 Å². The highest BCUT2D eigenvalue weighted by Crippen LogP contribution is 2.34. The van der Waals surface area contributed by atoms with Crippen molar-refractivity contribution in [2.24, 2.45) is 0 Å². The van der Waals surface area contributed by atoms with Crippen LogP contribution in [0.1, 0.15) is 34.5 Å². The molecule has 27 heavy (non-hydrogen) atoms. The van der Waals surface area contributed by atoms with Crippen LogP contribution in [0.4, 0.5) is 13.2 Å². The first kappa shape index (κ1) is 20.5. The smallest absolute Gasteiger partial charge is 0.434 e. The standard InChI is InChI=1S/C18H20F3N3O3/c1-12-6-8-13(9-7-12)24-16(18(19,20)21)14(11-22-24)17(26)23(2)10-4-5-15(25)27-3/h6-9,11H,4-5,10H2,1-3H3. The molecule has 1 aromatic heterocycles. The summed E-state index contributed by atoms with van der Waals surface area (Å²) in [4.78, 5) is 24.8. The number of carbonyl (C=O) groups excluding carboxylic acids is 2. The number of amides is 1. The van der Waals surface area contributed by atoms with Gasteiger partial charge in [-0.25, -0.2) is 4.68 Å². The number of methoxy groups -OCH3 is 1. The molecule has 0 aliphatic rings. The van der Waals surface area contributed by atoms with E-state index in [0.717, 1.165) is 21.3 Å². The van der Waals surface area contributed by atoms with Gasteiger partial charge in [0, 0.05) is 20.0 Å². The minimum absolute atomic E-state index is 0.0723. The summed E-state index contributed by atoms with van der Waals surface area (Å²) in [5.41, 5.74) is -0.568. The second kappa shape index (κ2) is 8.24. The van der Waals surface area contributed by atoms with Gasteiger partial charge in [-0.2, -0.15) is 18.3 Å². The van der Waals surface area contributed by atoms with Crippen molar-refractivity contribution < 1.29 is 27.5 Å². The molecule has 2 rings (SSSR count). The molecule has 1 aromatic carbocycles. The van der Waals surface area contributed by atoms with Crippen LogP contribution in [0.5, 0.6) is 0 Å². The predicted molar refractivity (Wildman–Crippen MR) is 91.5 cm³/mol. The van der Waals surface area contributed by atoms with Crippen molar-refractivity contribution in [1.82, 2.24) is 14.7 Å². The van der Waals surface area contributed by atoms with Crippen molar-refractivity contribution in [3.63, 3.8) is 0 Å². The SMILES string of the molecule is COC(=O)CCCN(C)C(=O)c1cnn(-c2ccc(C)cc2)c1C(F)(F)F. The largest absolute Gasteiger partial charge is 0.469 e. The normalized spacial score (nSPS) is 11.3. The Balaban J connectivity index is 2.30. The molecular weight excluding hydrogens is 363 g/mol. The van der Waals surface area contributed by atoms with Crippen molar-refractivity contribution in [2.75, 3.05) is 20.7 Å². The van der Waals surface area contributed by atoms with Gasteiger partial charge < -0.3 is 9.64 Å². The highest BCUT2D eigenvalue weighted by molar-refractivity contribution is 5.95. The molecular formula is C18H20F3N3O3. The Hall–Kier alpha value is -2.84. The van der Waals surface area contributed by atoms with Gasteiger partial charge in [0.1, 0.15) is 0 Å². The highest BCUT2D eigenvalue weighted by atomic mass is 19.4.